The lowest BCUT2D eigenvalue weighted by Gasteiger charge is -2.24. The van der Waals surface area contributed by atoms with Crippen LogP contribution in [0.3, 0.4) is 0 Å². The summed E-state index contributed by atoms with van der Waals surface area (Å²) in [5, 5.41) is 0. The minimum atomic E-state index is -4.40. The number of hydrogen-bond acceptors (Lipinski definition) is 7. The molecule has 0 bridgehead atoms. The molecule has 0 saturated heterocycles. The largest absolute Gasteiger partial charge is 0.472 e. The van der Waals surface area contributed by atoms with E-state index in [1.807, 2.05) is 21.1 Å². The molecule has 2 atom stereocenters. The maximum absolute atomic E-state index is 12.9. The summed E-state index contributed by atoms with van der Waals surface area (Å²) < 4.78 is 34.9. The van der Waals surface area contributed by atoms with Crippen molar-refractivity contribution in [3.63, 3.8) is 0 Å². The van der Waals surface area contributed by atoms with Crippen molar-refractivity contribution in [1.82, 2.24) is 0 Å². The van der Waals surface area contributed by atoms with E-state index in [-0.39, 0.29) is 25.6 Å². The fourth-order valence-corrected chi connectivity index (χ4v) is 12.7. The molecule has 0 saturated carbocycles. The van der Waals surface area contributed by atoms with Crippen molar-refractivity contribution in [3.8, 4) is 0 Å². The Balaban J connectivity index is 3.92. The van der Waals surface area contributed by atoms with Gasteiger partial charge in [0.1, 0.15) is 19.8 Å². The van der Waals surface area contributed by atoms with Crippen LogP contribution in [0.4, 0.5) is 0 Å². The molecule has 9 nitrogen and oxygen atoms in total. The number of likely N-dealkylation sites (N-methyl/N-ethyl adjacent to an activating group) is 1. The van der Waals surface area contributed by atoms with Gasteiger partial charge < -0.3 is 18.9 Å². The van der Waals surface area contributed by atoms with Crippen LogP contribution in [-0.2, 0) is 32.7 Å². The van der Waals surface area contributed by atoms with Crippen molar-refractivity contribution in [3.05, 3.63) is 109 Å². The minimum absolute atomic E-state index is 0.0315. The third-order valence-electron chi connectivity index (χ3n) is 18.3. The van der Waals surface area contributed by atoms with E-state index in [9.17, 15) is 19.0 Å². The molecule has 0 aliphatic rings. The first-order valence-electron chi connectivity index (χ1n) is 41.6. The van der Waals surface area contributed by atoms with Crippen molar-refractivity contribution in [2.24, 2.45) is 0 Å². The highest BCUT2D eigenvalue weighted by atomic mass is 31.2. The van der Waals surface area contributed by atoms with Gasteiger partial charge in [0.15, 0.2) is 6.10 Å². The molecule has 0 spiro atoms. The first kappa shape index (κ1) is 94.7. The zero-order valence-corrected chi connectivity index (χ0v) is 65.9. The van der Waals surface area contributed by atoms with Crippen LogP contribution >= 0.6 is 7.82 Å². The molecule has 568 valence electrons. The Morgan fingerprint density at radius 3 is 0.867 bits per heavy atom. The van der Waals surface area contributed by atoms with Gasteiger partial charge >= 0.3 is 19.8 Å². The maximum atomic E-state index is 12.9. The van der Waals surface area contributed by atoms with Crippen LogP contribution in [0.25, 0.3) is 0 Å². The summed E-state index contributed by atoms with van der Waals surface area (Å²) in [5.41, 5.74) is 0. The quantitative estimate of drug-likeness (QED) is 0.0211. The van der Waals surface area contributed by atoms with Crippen molar-refractivity contribution in [2.45, 2.75) is 392 Å². The zero-order chi connectivity index (χ0) is 71.1. The Bertz CT molecular complexity index is 2030. The van der Waals surface area contributed by atoms with Crippen molar-refractivity contribution >= 4 is 19.8 Å². The van der Waals surface area contributed by atoms with E-state index in [1.54, 1.807) is 0 Å². The van der Waals surface area contributed by atoms with E-state index in [0.29, 0.717) is 23.9 Å². The number of quaternary nitrogens is 1. The molecular weight excluding hydrogens is 1230 g/mol. The average Bonchev–Trinajstić information content (AvgIpc) is 1.08. The molecule has 0 aromatic heterocycles. The molecule has 0 amide bonds. The number of unbranched alkanes of at least 4 members (excludes halogenated alkanes) is 45. The SMILES string of the molecule is CC/C=C\C/C=C\C/C=C\C/C=C\C/C=C\C/C=C\CCCCCCCCCCCCCCCCCCCCCCCCC(=O)OC(COC(=O)CCCCCCCCCCCCCCCCCCCC/C=C\C/C=C\C/C=C\CCCCCCC)COP(=O)(O)OCC[N+](C)(C)C. The standard InChI is InChI=1S/C88H158NO8P/c1-6-8-10-12-14-16-18-20-22-24-26-28-30-32-34-36-38-40-41-42-43-44-45-46-47-49-51-53-55-57-59-61-63-65-67-69-71-73-75-77-79-81-88(91)97-86(85-96-98(92,93)95-83-82-89(3,4)5)84-94-87(90)80-78-76-74-72-70-68-66-64-62-60-58-56-54-52-50-48-39-37-35-33-31-29-27-25-23-21-19-17-15-13-11-9-7-2/h8,10,14,16,19-22,25-28,31-34,38,40,86H,6-7,9,11-13,15,17-18,23-24,29-30,35-37,39,41-85H2,1-5H3/p+1/b10-8-,16-14-,21-19-,22-20-,27-25-,28-26-,33-31-,34-32-,40-38-. The number of esters is 2. The van der Waals surface area contributed by atoms with Crippen LogP contribution in [0.15, 0.2) is 109 Å². The number of phosphoric acid groups is 1. The second-order valence-electron chi connectivity index (χ2n) is 29.1. The topological polar surface area (TPSA) is 108 Å². The zero-order valence-electron chi connectivity index (χ0n) is 65.0. The van der Waals surface area contributed by atoms with Gasteiger partial charge in [0.2, 0.25) is 0 Å². The molecular formula is C88H159NO8P+. The first-order valence-corrected chi connectivity index (χ1v) is 43.1. The molecule has 0 heterocycles. The molecule has 0 aromatic rings. The van der Waals surface area contributed by atoms with E-state index in [2.05, 4.69) is 123 Å². The lowest BCUT2D eigenvalue weighted by molar-refractivity contribution is -0.870. The predicted octanol–water partition coefficient (Wildman–Crippen LogP) is 28.0. The third kappa shape index (κ3) is 81.6. The van der Waals surface area contributed by atoms with Crippen molar-refractivity contribution < 1.29 is 42.1 Å². The van der Waals surface area contributed by atoms with Gasteiger partial charge in [-0.15, -0.1) is 0 Å². The first-order chi connectivity index (χ1) is 48.0. The second-order valence-corrected chi connectivity index (χ2v) is 30.6. The normalized spacial score (nSPS) is 13.6. The van der Waals surface area contributed by atoms with E-state index in [1.165, 1.54) is 270 Å². The van der Waals surface area contributed by atoms with Crippen molar-refractivity contribution in [2.75, 3.05) is 47.5 Å². The number of carbonyl (C=O) groups excluding carboxylic acids is 2. The fraction of sp³-hybridized carbons (Fsp3) is 0.773. The molecule has 0 aliphatic heterocycles. The number of ether oxygens (including phenoxy) is 2. The van der Waals surface area contributed by atoms with Gasteiger partial charge in [-0.2, -0.15) is 0 Å². The molecule has 0 rings (SSSR count). The van der Waals surface area contributed by atoms with Gasteiger partial charge in [0, 0.05) is 12.8 Å². The molecule has 0 radical (unpaired) electrons. The highest BCUT2D eigenvalue weighted by molar-refractivity contribution is 7.47. The Hall–Kier alpha value is -3.33. The molecule has 0 fully saturated rings. The number of carbonyl (C=O) groups is 2. The third-order valence-corrected chi connectivity index (χ3v) is 19.3. The molecule has 10 heteroatoms. The summed E-state index contributed by atoms with van der Waals surface area (Å²) in [5.74, 6) is -0.780. The van der Waals surface area contributed by atoms with E-state index >= 15 is 0 Å². The van der Waals surface area contributed by atoms with E-state index < -0.39 is 26.5 Å². The van der Waals surface area contributed by atoms with E-state index in [4.69, 9.17) is 18.5 Å². The van der Waals surface area contributed by atoms with Gasteiger partial charge in [0.25, 0.3) is 0 Å². The van der Waals surface area contributed by atoms with Gasteiger partial charge in [-0.25, -0.2) is 4.57 Å². The minimum Gasteiger partial charge on any atom is -0.462 e. The number of hydrogen-bond donors (Lipinski definition) is 1. The Morgan fingerprint density at radius 1 is 0.327 bits per heavy atom. The summed E-state index contributed by atoms with van der Waals surface area (Å²) >= 11 is 0. The molecule has 0 aliphatic carbocycles. The Morgan fingerprint density at radius 2 is 0.582 bits per heavy atom. The Labute approximate surface area is 607 Å². The number of nitrogens with zero attached hydrogens (tertiary/aromatic N) is 1. The average molecular weight is 1390 g/mol. The molecule has 1 N–H and O–H groups in total. The van der Waals surface area contributed by atoms with Crippen LogP contribution in [0.5, 0.6) is 0 Å². The van der Waals surface area contributed by atoms with E-state index in [0.717, 1.165) is 83.5 Å². The second kappa shape index (κ2) is 77.8. The van der Waals surface area contributed by atoms with Crippen molar-refractivity contribution in [1.29, 1.82) is 0 Å². The van der Waals surface area contributed by atoms with Crippen LogP contribution in [0.2, 0.25) is 0 Å². The van der Waals surface area contributed by atoms with Gasteiger partial charge in [-0.1, -0.05) is 380 Å². The van der Waals surface area contributed by atoms with Gasteiger partial charge in [-0.3, -0.25) is 18.6 Å². The molecule has 0 aromatic carbocycles. The lowest BCUT2D eigenvalue weighted by Crippen LogP contribution is -2.37. The van der Waals surface area contributed by atoms with Crippen LogP contribution in [0.1, 0.15) is 386 Å². The number of phosphoric ester groups is 1. The van der Waals surface area contributed by atoms with Crippen LogP contribution < -0.4 is 0 Å². The summed E-state index contributed by atoms with van der Waals surface area (Å²) in [4.78, 5) is 36.0. The Kier molecular flexibility index (Phi) is 75.2. The maximum Gasteiger partial charge on any atom is 0.472 e. The highest BCUT2D eigenvalue weighted by Gasteiger charge is 2.27. The summed E-state index contributed by atoms with van der Waals surface area (Å²) in [6.07, 6.45) is 111. The summed E-state index contributed by atoms with van der Waals surface area (Å²) in [6, 6.07) is 0. The lowest BCUT2D eigenvalue weighted by atomic mass is 10.0. The highest BCUT2D eigenvalue weighted by Crippen LogP contribution is 2.43. The number of rotatable bonds is 77. The predicted molar refractivity (Wildman–Crippen MR) is 427 cm³/mol. The summed E-state index contributed by atoms with van der Waals surface area (Å²) in [6.45, 7) is 4.36. The molecule has 98 heavy (non-hydrogen) atoms. The monoisotopic (exact) mass is 1390 g/mol. The van der Waals surface area contributed by atoms with Gasteiger partial charge in [-0.05, 0) is 103 Å². The smallest absolute Gasteiger partial charge is 0.462 e. The number of allylic oxidation sites excluding steroid dienone is 18. The van der Waals surface area contributed by atoms with Crippen LogP contribution in [-0.4, -0.2) is 74.9 Å². The van der Waals surface area contributed by atoms with Crippen LogP contribution in [0, 0.1) is 0 Å². The molecule has 2 unspecified atom stereocenters. The fourth-order valence-electron chi connectivity index (χ4n) is 12.0. The summed E-state index contributed by atoms with van der Waals surface area (Å²) in [7, 11) is 1.49. The van der Waals surface area contributed by atoms with Gasteiger partial charge in [0.05, 0.1) is 27.7 Å².